The second kappa shape index (κ2) is 7.62. The van der Waals surface area contributed by atoms with E-state index in [4.69, 9.17) is 0 Å². The first-order valence-corrected chi connectivity index (χ1v) is 6.68. The first-order chi connectivity index (χ1) is 8.11. The SMILES string of the molecule is CCC1CCN(CC(=O)/C=C/CN(C)C)CC1. The number of likely N-dealkylation sites (tertiary alicyclic amines) is 1. The highest BCUT2D eigenvalue weighted by molar-refractivity contribution is 5.91. The zero-order chi connectivity index (χ0) is 12.7. The summed E-state index contributed by atoms with van der Waals surface area (Å²) in [5.74, 6) is 1.12. The lowest BCUT2D eigenvalue weighted by Gasteiger charge is -2.30. The van der Waals surface area contributed by atoms with Gasteiger partial charge in [0.05, 0.1) is 6.54 Å². The second-order valence-corrected chi connectivity index (χ2v) is 5.26. The normalized spacial score (nSPS) is 19.3. The van der Waals surface area contributed by atoms with Crippen molar-refractivity contribution in [3.8, 4) is 0 Å². The highest BCUT2D eigenvalue weighted by Crippen LogP contribution is 2.19. The fourth-order valence-electron chi connectivity index (χ4n) is 2.22. The third-order valence-electron chi connectivity index (χ3n) is 3.44. The summed E-state index contributed by atoms with van der Waals surface area (Å²) in [5, 5.41) is 0. The van der Waals surface area contributed by atoms with Gasteiger partial charge in [0.2, 0.25) is 0 Å². The van der Waals surface area contributed by atoms with Crippen molar-refractivity contribution < 1.29 is 4.79 Å². The Hall–Kier alpha value is -0.670. The molecule has 1 rings (SSSR count). The van der Waals surface area contributed by atoms with Gasteiger partial charge in [-0.3, -0.25) is 9.69 Å². The molecule has 1 aliphatic heterocycles. The van der Waals surface area contributed by atoms with E-state index in [1.807, 2.05) is 20.2 Å². The van der Waals surface area contributed by atoms with Crippen molar-refractivity contribution in [3.63, 3.8) is 0 Å². The Bertz CT molecular complexity index is 253. The van der Waals surface area contributed by atoms with Crippen LogP contribution in [-0.2, 0) is 4.79 Å². The summed E-state index contributed by atoms with van der Waals surface area (Å²) in [7, 11) is 4.01. The number of rotatable bonds is 6. The van der Waals surface area contributed by atoms with E-state index in [0.717, 1.165) is 25.6 Å². The smallest absolute Gasteiger partial charge is 0.169 e. The van der Waals surface area contributed by atoms with Gasteiger partial charge in [-0.05, 0) is 52.0 Å². The van der Waals surface area contributed by atoms with Crippen molar-refractivity contribution in [1.29, 1.82) is 0 Å². The van der Waals surface area contributed by atoms with E-state index in [-0.39, 0.29) is 5.78 Å². The van der Waals surface area contributed by atoms with Crippen LogP contribution in [0.4, 0.5) is 0 Å². The average molecular weight is 238 g/mol. The van der Waals surface area contributed by atoms with E-state index in [1.54, 1.807) is 6.08 Å². The van der Waals surface area contributed by atoms with Crippen LogP contribution >= 0.6 is 0 Å². The van der Waals surface area contributed by atoms with Gasteiger partial charge in [0.1, 0.15) is 0 Å². The van der Waals surface area contributed by atoms with Crippen LogP contribution in [0.25, 0.3) is 0 Å². The summed E-state index contributed by atoms with van der Waals surface area (Å²) in [4.78, 5) is 16.0. The molecule has 1 saturated heterocycles. The average Bonchev–Trinajstić information content (AvgIpc) is 2.29. The largest absolute Gasteiger partial charge is 0.306 e. The molecule has 0 amide bonds. The Morgan fingerprint density at radius 2 is 2.00 bits per heavy atom. The van der Waals surface area contributed by atoms with Crippen LogP contribution in [-0.4, -0.2) is 55.9 Å². The van der Waals surface area contributed by atoms with Crippen molar-refractivity contribution in [2.45, 2.75) is 26.2 Å². The Morgan fingerprint density at radius 1 is 1.35 bits per heavy atom. The molecule has 0 aromatic carbocycles. The lowest BCUT2D eigenvalue weighted by Crippen LogP contribution is -2.36. The maximum absolute atomic E-state index is 11.7. The molecular formula is C14H26N2O. The van der Waals surface area contributed by atoms with Gasteiger partial charge in [0.25, 0.3) is 0 Å². The number of ketones is 1. The van der Waals surface area contributed by atoms with Crippen molar-refractivity contribution in [3.05, 3.63) is 12.2 Å². The zero-order valence-electron chi connectivity index (χ0n) is 11.5. The molecule has 17 heavy (non-hydrogen) atoms. The molecule has 1 heterocycles. The van der Waals surface area contributed by atoms with Crippen LogP contribution in [0.1, 0.15) is 26.2 Å². The van der Waals surface area contributed by atoms with Crippen molar-refractivity contribution in [2.24, 2.45) is 5.92 Å². The molecule has 0 saturated carbocycles. The molecule has 0 atom stereocenters. The molecule has 0 radical (unpaired) electrons. The summed E-state index contributed by atoms with van der Waals surface area (Å²) >= 11 is 0. The van der Waals surface area contributed by atoms with Crippen molar-refractivity contribution in [1.82, 2.24) is 9.80 Å². The fraction of sp³-hybridized carbons (Fsp3) is 0.786. The van der Waals surface area contributed by atoms with Crippen LogP contribution in [0.2, 0.25) is 0 Å². The van der Waals surface area contributed by atoms with E-state index < -0.39 is 0 Å². The lowest BCUT2D eigenvalue weighted by atomic mass is 9.94. The van der Waals surface area contributed by atoms with Gasteiger partial charge >= 0.3 is 0 Å². The minimum absolute atomic E-state index is 0.238. The van der Waals surface area contributed by atoms with Gasteiger partial charge < -0.3 is 4.90 Å². The lowest BCUT2D eigenvalue weighted by molar-refractivity contribution is -0.116. The van der Waals surface area contributed by atoms with Crippen LogP contribution in [0, 0.1) is 5.92 Å². The zero-order valence-corrected chi connectivity index (χ0v) is 11.5. The second-order valence-electron chi connectivity index (χ2n) is 5.26. The minimum Gasteiger partial charge on any atom is -0.306 e. The van der Waals surface area contributed by atoms with E-state index >= 15 is 0 Å². The molecule has 0 aromatic rings. The maximum atomic E-state index is 11.7. The van der Waals surface area contributed by atoms with Gasteiger partial charge in [-0.25, -0.2) is 0 Å². The molecule has 0 aliphatic carbocycles. The Morgan fingerprint density at radius 3 is 2.53 bits per heavy atom. The Balaban J connectivity index is 2.21. The molecule has 3 heteroatoms. The summed E-state index contributed by atoms with van der Waals surface area (Å²) < 4.78 is 0. The van der Waals surface area contributed by atoms with E-state index in [2.05, 4.69) is 16.7 Å². The molecular weight excluding hydrogens is 212 g/mol. The Kier molecular flexibility index (Phi) is 6.45. The third kappa shape index (κ3) is 5.99. The van der Waals surface area contributed by atoms with Crippen molar-refractivity contribution >= 4 is 5.78 Å². The van der Waals surface area contributed by atoms with Crippen molar-refractivity contribution in [2.75, 3.05) is 40.3 Å². The first-order valence-electron chi connectivity index (χ1n) is 6.68. The summed E-state index contributed by atoms with van der Waals surface area (Å²) in [5.41, 5.74) is 0. The van der Waals surface area contributed by atoms with E-state index in [1.165, 1.54) is 19.3 Å². The highest BCUT2D eigenvalue weighted by Gasteiger charge is 2.18. The van der Waals surface area contributed by atoms with E-state index in [9.17, 15) is 4.79 Å². The molecule has 0 spiro atoms. The molecule has 0 N–H and O–H groups in total. The van der Waals surface area contributed by atoms with Crippen LogP contribution < -0.4 is 0 Å². The minimum atomic E-state index is 0.238. The molecule has 0 bridgehead atoms. The molecule has 0 unspecified atom stereocenters. The van der Waals surface area contributed by atoms with E-state index in [0.29, 0.717) is 6.54 Å². The topological polar surface area (TPSA) is 23.6 Å². The Labute approximate surface area is 105 Å². The molecule has 1 aliphatic rings. The maximum Gasteiger partial charge on any atom is 0.169 e. The van der Waals surface area contributed by atoms with Crippen LogP contribution in [0.15, 0.2) is 12.2 Å². The predicted molar refractivity (Wildman–Crippen MR) is 72.2 cm³/mol. The van der Waals surface area contributed by atoms with Crippen LogP contribution in [0.5, 0.6) is 0 Å². The van der Waals surface area contributed by atoms with Gasteiger partial charge in [-0.15, -0.1) is 0 Å². The number of piperidine rings is 1. The van der Waals surface area contributed by atoms with Crippen LogP contribution in [0.3, 0.4) is 0 Å². The monoisotopic (exact) mass is 238 g/mol. The number of carbonyl (C=O) groups excluding carboxylic acids is 1. The van der Waals surface area contributed by atoms with Gasteiger partial charge in [-0.2, -0.15) is 0 Å². The summed E-state index contributed by atoms with van der Waals surface area (Å²) in [6.07, 6.45) is 7.47. The quantitative estimate of drug-likeness (QED) is 0.659. The third-order valence-corrected chi connectivity index (χ3v) is 3.44. The predicted octanol–water partition coefficient (Wildman–Crippen LogP) is 1.80. The summed E-state index contributed by atoms with van der Waals surface area (Å²) in [6.45, 7) is 5.87. The molecule has 98 valence electrons. The fourth-order valence-corrected chi connectivity index (χ4v) is 2.22. The standard InChI is InChI=1S/C14H26N2O/c1-4-13-7-10-16(11-8-13)12-14(17)6-5-9-15(2)3/h5-6,13H,4,7-12H2,1-3H3/b6-5+. The number of hydrogen-bond donors (Lipinski definition) is 0. The number of nitrogens with zero attached hydrogens (tertiary/aromatic N) is 2. The summed E-state index contributed by atoms with van der Waals surface area (Å²) in [6, 6.07) is 0. The highest BCUT2D eigenvalue weighted by atomic mass is 16.1. The van der Waals surface area contributed by atoms with Gasteiger partial charge in [0, 0.05) is 6.54 Å². The number of likely N-dealkylation sites (N-methyl/N-ethyl adjacent to an activating group) is 1. The molecule has 0 aromatic heterocycles. The molecule has 1 fully saturated rings. The first kappa shape index (κ1) is 14.4. The number of hydrogen-bond acceptors (Lipinski definition) is 3. The number of carbonyl (C=O) groups is 1. The van der Waals surface area contributed by atoms with Gasteiger partial charge in [-0.1, -0.05) is 19.4 Å². The van der Waals surface area contributed by atoms with Gasteiger partial charge in [0.15, 0.2) is 5.78 Å². The molecule has 3 nitrogen and oxygen atoms in total.